The maximum atomic E-state index is 12.5. The van der Waals surface area contributed by atoms with Gasteiger partial charge in [-0.2, -0.15) is 0 Å². The number of benzene rings is 1. The number of anilines is 1. The van der Waals surface area contributed by atoms with Crippen molar-refractivity contribution < 1.29 is 8.78 Å². The van der Waals surface area contributed by atoms with Crippen molar-refractivity contribution in [1.82, 2.24) is 0 Å². The average Bonchev–Trinajstić information content (AvgIpc) is 1.99. The zero-order valence-corrected chi connectivity index (χ0v) is 6.48. The third-order valence-electron chi connectivity index (χ3n) is 1.31. The molecule has 1 N–H and O–H groups in total. The van der Waals surface area contributed by atoms with Crippen LogP contribution in [0.25, 0.3) is 0 Å². The third kappa shape index (κ3) is 2.34. The monoisotopic (exact) mass is 169 g/mol. The van der Waals surface area contributed by atoms with Gasteiger partial charge in [0.05, 0.1) is 0 Å². The van der Waals surface area contributed by atoms with E-state index in [9.17, 15) is 8.78 Å². The predicted octanol–water partition coefficient (Wildman–Crippen LogP) is 2.56. The van der Waals surface area contributed by atoms with E-state index in [1.807, 2.05) is 0 Å². The molecule has 0 saturated heterocycles. The van der Waals surface area contributed by atoms with Crippen LogP contribution in [0, 0.1) is 11.6 Å². The molecule has 0 heterocycles. The quantitative estimate of drug-likeness (QED) is 0.685. The van der Waals surface area contributed by atoms with E-state index in [0.717, 1.165) is 6.07 Å². The highest BCUT2D eigenvalue weighted by Crippen LogP contribution is 2.12. The summed E-state index contributed by atoms with van der Waals surface area (Å²) < 4.78 is 25.1. The van der Waals surface area contributed by atoms with Gasteiger partial charge in [-0.15, -0.1) is 6.58 Å². The van der Waals surface area contributed by atoms with Gasteiger partial charge >= 0.3 is 0 Å². The van der Waals surface area contributed by atoms with Crippen molar-refractivity contribution in [2.75, 3.05) is 11.9 Å². The van der Waals surface area contributed by atoms with Gasteiger partial charge in [0.1, 0.15) is 11.6 Å². The van der Waals surface area contributed by atoms with Gasteiger partial charge in [0.25, 0.3) is 0 Å². The number of hydrogen-bond donors (Lipinski definition) is 1. The van der Waals surface area contributed by atoms with Crippen molar-refractivity contribution in [1.29, 1.82) is 0 Å². The molecule has 0 atom stereocenters. The number of halogens is 2. The minimum atomic E-state index is -0.582. The van der Waals surface area contributed by atoms with Crippen molar-refractivity contribution >= 4 is 5.69 Å². The average molecular weight is 169 g/mol. The molecule has 0 aliphatic rings. The lowest BCUT2D eigenvalue weighted by Gasteiger charge is -2.02. The molecule has 0 spiro atoms. The van der Waals surface area contributed by atoms with Gasteiger partial charge in [-0.1, -0.05) is 6.08 Å². The van der Waals surface area contributed by atoms with Crippen molar-refractivity contribution in [3.05, 3.63) is 42.5 Å². The van der Waals surface area contributed by atoms with Crippen LogP contribution >= 0.6 is 0 Å². The summed E-state index contributed by atoms with van der Waals surface area (Å²) in [5, 5.41) is 2.78. The smallest absolute Gasteiger partial charge is 0.128 e. The van der Waals surface area contributed by atoms with E-state index >= 15 is 0 Å². The van der Waals surface area contributed by atoms with Gasteiger partial charge in [0, 0.05) is 18.3 Å². The number of nitrogens with one attached hydrogen (secondary N) is 1. The molecule has 0 bridgehead atoms. The SMILES string of the molecule is C=CCNc1cc(F)cc(F)c1. The molecule has 0 aromatic heterocycles. The lowest BCUT2D eigenvalue weighted by molar-refractivity contribution is 0.584. The Hall–Kier alpha value is -1.38. The Kier molecular flexibility index (Phi) is 2.80. The van der Waals surface area contributed by atoms with Gasteiger partial charge in [0.2, 0.25) is 0 Å². The lowest BCUT2D eigenvalue weighted by atomic mass is 10.3. The van der Waals surface area contributed by atoms with Crippen LogP contribution in [0.15, 0.2) is 30.9 Å². The fraction of sp³-hybridized carbons (Fsp3) is 0.111. The second kappa shape index (κ2) is 3.85. The molecule has 1 rings (SSSR count). The van der Waals surface area contributed by atoms with Gasteiger partial charge < -0.3 is 5.32 Å². The Morgan fingerprint density at radius 3 is 2.33 bits per heavy atom. The van der Waals surface area contributed by atoms with Crippen LogP contribution in [-0.4, -0.2) is 6.54 Å². The molecule has 0 saturated carbocycles. The second-order valence-electron chi connectivity index (χ2n) is 2.33. The Morgan fingerprint density at radius 2 is 1.83 bits per heavy atom. The minimum Gasteiger partial charge on any atom is -0.381 e. The summed E-state index contributed by atoms with van der Waals surface area (Å²) in [4.78, 5) is 0. The summed E-state index contributed by atoms with van der Waals surface area (Å²) in [6.45, 7) is 3.96. The summed E-state index contributed by atoms with van der Waals surface area (Å²) in [5.74, 6) is -1.16. The third-order valence-corrected chi connectivity index (χ3v) is 1.31. The molecule has 0 unspecified atom stereocenters. The summed E-state index contributed by atoms with van der Waals surface area (Å²) in [6, 6.07) is 3.29. The first kappa shape index (κ1) is 8.71. The number of hydrogen-bond acceptors (Lipinski definition) is 1. The topological polar surface area (TPSA) is 12.0 Å². The Labute approximate surface area is 69.7 Å². The van der Waals surface area contributed by atoms with Gasteiger partial charge in [-0.25, -0.2) is 8.78 Å². The molecule has 3 heteroatoms. The normalized spacial score (nSPS) is 9.50. The van der Waals surface area contributed by atoms with Crippen molar-refractivity contribution in [3.8, 4) is 0 Å². The maximum absolute atomic E-state index is 12.5. The highest BCUT2D eigenvalue weighted by atomic mass is 19.1. The van der Waals surface area contributed by atoms with E-state index in [1.54, 1.807) is 6.08 Å². The molecule has 0 fully saturated rings. The van der Waals surface area contributed by atoms with Gasteiger partial charge in [0.15, 0.2) is 0 Å². The van der Waals surface area contributed by atoms with Crippen LogP contribution in [0.4, 0.5) is 14.5 Å². The highest BCUT2D eigenvalue weighted by Gasteiger charge is 1.97. The summed E-state index contributed by atoms with van der Waals surface area (Å²) >= 11 is 0. The van der Waals surface area contributed by atoms with Gasteiger partial charge in [-0.05, 0) is 12.1 Å². The standard InChI is InChI=1S/C9H9F2N/c1-2-3-12-9-5-7(10)4-8(11)6-9/h2,4-6,12H,1,3H2. The summed E-state index contributed by atoms with van der Waals surface area (Å²) in [7, 11) is 0. The second-order valence-corrected chi connectivity index (χ2v) is 2.33. The molecule has 0 radical (unpaired) electrons. The Bertz CT molecular complexity index is 264. The first-order valence-corrected chi connectivity index (χ1v) is 3.53. The van der Waals surface area contributed by atoms with Crippen molar-refractivity contribution in [2.24, 2.45) is 0 Å². The van der Waals surface area contributed by atoms with Crippen molar-refractivity contribution in [3.63, 3.8) is 0 Å². The first-order chi connectivity index (χ1) is 5.72. The Morgan fingerprint density at radius 1 is 1.25 bits per heavy atom. The van der Waals surface area contributed by atoms with Crippen LogP contribution in [-0.2, 0) is 0 Å². The van der Waals surface area contributed by atoms with Crippen LogP contribution < -0.4 is 5.32 Å². The van der Waals surface area contributed by atoms with E-state index in [0.29, 0.717) is 12.2 Å². The van der Waals surface area contributed by atoms with E-state index in [1.165, 1.54) is 12.1 Å². The van der Waals surface area contributed by atoms with E-state index < -0.39 is 11.6 Å². The molecule has 12 heavy (non-hydrogen) atoms. The molecule has 1 nitrogen and oxygen atoms in total. The molecule has 0 aliphatic carbocycles. The summed E-state index contributed by atoms with van der Waals surface area (Å²) in [5.41, 5.74) is 0.424. The molecule has 1 aromatic carbocycles. The molecular weight excluding hydrogens is 160 g/mol. The van der Waals surface area contributed by atoms with Crippen molar-refractivity contribution in [2.45, 2.75) is 0 Å². The zero-order valence-electron chi connectivity index (χ0n) is 6.48. The van der Waals surface area contributed by atoms with Crippen LogP contribution in [0.3, 0.4) is 0 Å². The molecule has 64 valence electrons. The first-order valence-electron chi connectivity index (χ1n) is 3.53. The number of rotatable bonds is 3. The van der Waals surface area contributed by atoms with E-state index in [4.69, 9.17) is 0 Å². The fourth-order valence-corrected chi connectivity index (χ4v) is 0.846. The van der Waals surface area contributed by atoms with Crippen LogP contribution in [0.2, 0.25) is 0 Å². The van der Waals surface area contributed by atoms with Gasteiger partial charge in [-0.3, -0.25) is 0 Å². The van der Waals surface area contributed by atoms with Crippen LogP contribution in [0.1, 0.15) is 0 Å². The van der Waals surface area contributed by atoms with E-state index in [-0.39, 0.29) is 0 Å². The molecular formula is C9H9F2N. The van der Waals surface area contributed by atoms with Crippen LogP contribution in [0.5, 0.6) is 0 Å². The Balaban J connectivity index is 2.78. The molecule has 0 aliphatic heterocycles. The maximum Gasteiger partial charge on any atom is 0.128 e. The zero-order chi connectivity index (χ0) is 8.97. The lowest BCUT2D eigenvalue weighted by Crippen LogP contribution is -1.98. The molecule has 0 amide bonds. The predicted molar refractivity (Wildman–Crippen MR) is 45.0 cm³/mol. The fourth-order valence-electron chi connectivity index (χ4n) is 0.846. The van der Waals surface area contributed by atoms with E-state index in [2.05, 4.69) is 11.9 Å². The minimum absolute atomic E-state index is 0.424. The molecule has 1 aromatic rings. The summed E-state index contributed by atoms with van der Waals surface area (Å²) in [6.07, 6.45) is 1.61. The largest absolute Gasteiger partial charge is 0.381 e. The highest BCUT2D eigenvalue weighted by molar-refractivity contribution is 5.44.